The molecular weight excluding hydrogens is 336 g/mol. The van der Waals surface area contributed by atoms with Crippen molar-refractivity contribution in [2.24, 2.45) is 4.99 Å². The van der Waals surface area contributed by atoms with Crippen LogP contribution in [0.3, 0.4) is 0 Å². The number of hydrogen-bond donors (Lipinski definition) is 2. The van der Waals surface area contributed by atoms with Crippen LogP contribution in [-0.2, 0) is 0 Å². The molecule has 27 heavy (non-hydrogen) atoms. The predicted octanol–water partition coefficient (Wildman–Crippen LogP) is 3.53. The first-order valence-corrected chi connectivity index (χ1v) is 10.1. The number of nitrogens with zero attached hydrogens (tertiary/aromatic N) is 2. The summed E-state index contributed by atoms with van der Waals surface area (Å²) in [7, 11) is 1.85. The Morgan fingerprint density at radius 3 is 2.67 bits per heavy atom. The van der Waals surface area contributed by atoms with Crippen molar-refractivity contribution in [1.82, 2.24) is 15.5 Å². The van der Waals surface area contributed by atoms with E-state index < -0.39 is 0 Å². The minimum Gasteiger partial charge on any atom is -0.468 e. The minimum atomic E-state index is 0.253. The second-order valence-electron chi connectivity index (χ2n) is 7.58. The number of piperidine rings is 1. The van der Waals surface area contributed by atoms with Crippen molar-refractivity contribution >= 4 is 5.96 Å². The molecule has 2 aliphatic rings. The summed E-state index contributed by atoms with van der Waals surface area (Å²) in [6.45, 7) is 3.07. The van der Waals surface area contributed by atoms with Gasteiger partial charge < -0.3 is 15.1 Å². The second-order valence-corrected chi connectivity index (χ2v) is 7.58. The quantitative estimate of drug-likeness (QED) is 0.607. The van der Waals surface area contributed by atoms with Crippen LogP contribution in [0.5, 0.6) is 0 Å². The normalized spacial score (nSPS) is 24.4. The highest BCUT2D eigenvalue weighted by Crippen LogP contribution is 2.40. The lowest BCUT2D eigenvalue weighted by Gasteiger charge is -2.33. The van der Waals surface area contributed by atoms with Crippen LogP contribution in [0.15, 0.2) is 58.1 Å². The van der Waals surface area contributed by atoms with Gasteiger partial charge in [-0.25, -0.2) is 0 Å². The van der Waals surface area contributed by atoms with Crippen LogP contribution in [0.2, 0.25) is 0 Å². The molecule has 4 rings (SSSR count). The minimum absolute atomic E-state index is 0.253. The van der Waals surface area contributed by atoms with E-state index in [0.717, 1.165) is 31.4 Å². The summed E-state index contributed by atoms with van der Waals surface area (Å²) in [5.74, 6) is 2.51. The number of aliphatic imine (C=N–C) groups is 1. The molecule has 5 nitrogen and oxygen atoms in total. The van der Waals surface area contributed by atoms with Gasteiger partial charge in [-0.3, -0.25) is 9.89 Å². The smallest absolute Gasteiger partial charge is 0.191 e. The van der Waals surface area contributed by atoms with Crippen molar-refractivity contribution in [3.05, 3.63) is 60.1 Å². The van der Waals surface area contributed by atoms with Gasteiger partial charge in [-0.15, -0.1) is 0 Å². The molecule has 0 radical (unpaired) electrons. The Morgan fingerprint density at radius 2 is 1.96 bits per heavy atom. The highest BCUT2D eigenvalue weighted by atomic mass is 16.3. The van der Waals surface area contributed by atoms with E-state index >= 15 is 0 Å². The Bertz CT molecular complexity index is 722. The highest BCUT2D eigenvalue weighted by Gasteiger charge is 2.39. The molecule has 0 spiro atoms. The third-order valence-corrected chi connectivity index (χ3v) is 5.73. The lowest BCUT2D eigenvalue weighted by Crippen LogP contribution is -2.45. The van der Waals surface area contributed by atoms with Crippen LogP contribution in [0.25, 0.3) is 0 Å². The standard InChI is InChI=1S/C22H30N4O/c1-23-22(25-19-15-18(19)17-9-4-2-5-10-17)24-16-20(21-11-8-14-27-21)26-12-6-3-7-13-26/h2,4-5,8-11,14,18-20H,3,6-7,12-13,15-16H2,1H3,(H2,23,24,25). The molecule has 1 saturated heterocycles. The summed E-state index contributed by atoms with van der Waals surface area (Å²) in [5.41, 5.74) is 1.41. The van der Waals surface area contributed by atoms with Crippen molar-refractivity contribution < 1.29 is 4.42 Å². The van der Waals surface area contributed by atoms with E-state index in [4.69, 9.17) is 4.42 Å². The first-order valence-electron chi connectivity index (χ1n) is 10.1. The van der Waals surface area contributed by atoms with E-state index in [1.807, 2.05) is 13.1 Å². The lowest BCUT2D eigenvalue weighted by molar-refractivity contribution is 0.146. The molecule has 1 aliphatic heterocycles. The molecule has 3 unspecified atom stereocenters. The number of likely N-dealkylation sites (tertiary alicyclic amines) is 1. The van der Waals surface area contributed by atoms with E-state index in [1.165, 1.54) is 31.2 Å². The van der Waals surface area contributed by atoms with E-state index in [1.54, 1.807) is 6.26 Å². The molecule has 5 heteroatoms. The molecule has 0 amide bonds. The number of hydrogen-bond acceptors (Lipinski definition) is 3. The molecule has 1 saturated carbocycles. The largest absolute Gasteiger partial charge is 0.468 e. The molecule has 144 valence electrons. The molecule has 0 bridgehead atoms. The molecule has 1 aromatic carbocycles. The first kappa shape index (κ1) is 18.1. The van der Waals surface area contributed by atoms with E-state index in [-0.39, 0.29) is 6.04 Å². The Kier molecular flexibility index (Phi) is 5.78. The summed E-state index contributed by atoms with van der Waals surface area (Å²) in [5, 5.41) is 7.12. The fourth-order valence-corrected chi connectivity index (χ4v) is 4.11. The number of furan rings is 1. The average molecular weight is 367 g/mol. The third-order valence-electron chi connectivity index (χ3n) is 5.73. The van der Waals surface area contributed by atoms with Crippen LogP contribution in [0.1, 0.15) is 49.0 Å². The van der Waals surface area contributed by atoms with Crippen molar-refractivity contribution in [2.75, 3.05) is 26.7 Å². The van der Waals surface area contributed by atoms with E-state index in [0.29, 0.717) is 12.0 Å². The Balaban J connectivity index is 1.34. The van der Waals surface area contributed by atoms with Crippen molar-refractivity contribution in [1.29, 1.82) is 0 Å². The van der Waals surface area contributed by atoms with Crippen molar-refractivity contribution in [3.8, 4) is 0 Å². The molecule has 2 N–H and O–H groups in total. The van der Waals surface area contributed by atoms with Gasteiger partial charge in [-0.05, 0) is 50.0 Å². The molecular formula is C22H30N4O. The fraction of sp³-hybridized carbons (Fsp3) is 0.500. The third kappa shape index (κ3) is 4.53. The second kappa shape index (κ2) is 8.61. The van der Waals surface area contributed by atoms with Gasteiger partial charge in [-0.2, -0.15) is 0 Å². The maximum Gasteiger partial charge on any atom is 0.191 e. The van der Waals surface area contributed by atoms with Gasteiger partial charge in [0.15, 0.2) is 5.96 Å². The molecule has 2 fully saturated rings. The van der Waals surface area contributed by atoms with Gasteiger partial charge in [0.05, 0.1) is 12.3 Å². The zero-order valence-electron chi connectivity index (χ0n) is 16.1. The Labute approximate surface area is 161 Å². The maximum absolute atomic E-state index is 5.74. The van der Waals surface area contributed by atoms with E-state index in [2.05, 4.69) is 56.9 Å². The van der Waals surface area contributed by atoms with Gasteiger partial charge in [-0.1, -0.05) is 36.8 Å². The molecule has 2 heterocycles. The van der Waals surface area contributed by atoms with Crippen LogP contribution in [-0.4, -0.2) is 43.6 Å². The molecule has 1 aliphatic carbocycles. The topological polar surface area (TPSA) is 52.8 Å². The molecule has 2 aromatic rings. The van der Waals surface area contributed by atoms with Crippen LogP contribution in [0.4, 0.5) is 0 Å². The van der Waals surface area contributed by atoms with Gasteiger partial charge in [0.2, 0.25) is 0 Å². The van der Waals surface area contributed by atoms with E-state index in [9.17, 15) is 0 Å². The highest BCUT2D eigenvalue weighted by molar-refractivity contribution is 5.80. The zero-order valence-corrected chi connectivity index (χ0v) is 16.1. The number of rotatable bonds is 6. The van der Waals surface area contributed by atoms with Crippen LogP contribution < -0.4 is 10.6 Å². The monoisotopic (exact) mass is 366 g/mol. The average Bonchev–Trinajstić information content (AvgIpc) is 3.29. The van der Waals surface area contributed by atoms with Gasteiger partial charge >= 0.3 is 0 Å². The number of benzene rings is 1. The fourth-order valence-electron chi connectivity index (χ4n) is 4.11. The van der Waals surface area contributed by atoms with Crippen LogP contribution >= 0.6 is 0 Å². The SMILES string of the molecule is CN=C(NCC(c1ccco1)N1CCCCC1)NC1CC1c1ccccc1. The summed E-state index contributed by atoms with van der Waals surface area (Å²) in [6, 6.07) is 15.5. The lowest BCUT2D eigenvalue weighted by atomic mass is 10.1. The zero-order chi connectivity index (χ0) is 18.5. The number of guanidine groups is 1. The van der Waals surface area contributed by atoms with Crippen molar-refractivity contribution in [2.45, 2.75) is 43.7 Å². The molecule has 3 atom stereocenters. The summed E-state index contributed by atoms with van der Waals surface area (Å²) >= 11 is 0. The molecule has 1 aromatic heterocycles. The summed E-state index contributed by atoms with van der Waals surface area (Å²) in [6.07, 6.45) is 6.81. The maximum atomic E-state index is 5.74. The van der Waals surface area contributed by atoms with Gasteiger partial charge in [0.1, 0.15) is 5.76 Å². The summed E-state index contributed by atoms with van der Waals surface area (Å²) < 4.78 is 5.74. The Morgan fingerprint density at radius 1 is 1.15 bits per heavy atom. The Hall–Kier alpha value is -2.27. The van der Waals surface area contributed by atoms with Gasteiger partial charge in [0.25, 0.3) is 0 Å². The van der Waals surface area contributed by atoms with Gasteiger partial charge in [0, 0.05) is 25.6 Å². The summed E-state index contributed by atoms with van der Waals surface area (Å²) in [4.78, 5) is 6.97. The first-order chi connectivity index (χ1) is 13.3. The van der Waals surface area contributed by atoms with Crippen LogP contribution in [0, 0.1) is 0 Å². The number of nitrogens with one attached hydrogen (secondary N) is 2. The predicted molar refractivity (Wildman–Crippen MR) is 109 cm³/mol. The van der Waals surface area contributed by atoms with Crippen molar-refractivity contribution in [3.63, 3.8) is 0 Å².